The first kappa shape index (κ1) is 13.1. The van der Waals surface area contributed by atoms with Crippen molar-refractivity contribution >= 4 is 17.3 Å². The second kappa shape index (κ2) is 5.14. The van der Waals surface area contributed by atoms with Crippen molar-refractivity contribution in [1.29, 1.82) is 0 Å². The fraction of sp³-hybridized carbons (Fsp3) is 0.286. The molecule has 0 bridgehead atoms. The second-order valence-electron chi connectivity index (χ2n) is 4.46. The van der Waals surface area contributed by atoms with E-state index in [0.29, 0.717) is 17.8 Å². The Morgan fingerprint density at radius 3 is 2.68 bits per heavy atom. The molecule has 0 spiro atoms. The SMILES string of the molecule is CCc1nn(C)c(C(=O)Nc2ccccc2C)c1N. The Morgan fingerprint density at radius 2 is 2.11 bits per heavy atom. The van der Waals surface area contributed by atoms with Crippen LogP contribution in [0.1, 0.15) is 28.7 Å². The number of nitrogens with zero attached hydrogens (tertiary/aromatic N) is 2. The highest BCUT2D eigenvalue weighted by atomic mass is 16.2. The lowest BCUT2D eigenvalue weighted by Crippen LogP contribution is -2.18. The van der Waals surface area contributed by atoms with E-state index in [4.69, 9.17) is 5.73 Å². The van der Waals surface area contributed by atoms with Gasteiger partial charge in [0.25, 0.3) is 5.91 Å². The third kappa shape index (κ3) is 2.45. The highest BCUT2D eigenvalue weighted by Gasteiger charge is 2.19. The van der Waals surface area contributed by atoms with Gasteiger partial charge in [0.15, 0.2) is 0 Å². The molecule has 0 aliphatic carbocycles. The van der Waals surface area contributed by atoms with Crippen molar-refractivity contribution in [2.75, 3.05) is 11.1 Å². The van der Waals surface area contributed by atoms with Crippen LogP contribution in [0.4, 0.5) is 11.4 Å². The van der Waals surface area contributed by atoms with Gasteiger partial charge in [0, 0.05) is 12.7 Å². The molecular formula is C14H18N4O. The maximum Gasteiger partial charge on any atom is 0.276 e. The lowest BCUT2D eigenvalue weighted by molar-refractivity contribution is 0.101. The fourth-order valence-corrected chi connectivity index (χ4v) is 2.02. The topological polar surface area (TPSA) is 72.9 Å². The Morgan fingerprint density at radius 1 is 1.42 bits per heavy atom. The van der Waals surface area contributed by atoms with Gasteiger partial charge in [-0.25, -0.2) is 0 Å². The van der Waals surface area contributed by atoms with Gasteiger partial charge in [0.1, 0.15) is 5.69 Å². The van der Waals surface area contributed by atoms with Crippen molar-refractivity contribution < 1.29 is 4.79 Å². The van der Waals surface area contributed by atoms with E-state index < -0.39 is 0 Å². The molecule has 0 unspecified atom stereocenters. The average Bonchev–Trinajstić information content (AvgIpc) is 2.67. The molecule has 0 atom stereocenters. The number of rotatable bonds is 3. The number of benzene rings is 1. The minimum absolute atomic E-state index is 0.235. The monoisotopic (exact) mass is 258 g/mol. The molecule has 1 amide bonds. The molecule has 3 N–H and O–H groups in total. The van der Waals surface area contributed by atoms with Crippen molar-refractivity contribution in [3.05, 3.63) is 41.2 Å². The number of hydrogen-bond donors (Lipinski definition) is 2. The summed E-state index contributed by atoms with van der Waals surface area (Å²) in [5, 5.41) is 7.11. The summed E-state index contributed by atoms with van der Waals surface area (Å²) in [6.45, 7) is 3.90. The van der Waals surface area contributed by atoms with Gasteiger partial charge in [-0.2, -0.15) is 5.10 Å². The number of amides is 1. The predicted molar refractivity (Wildman–Crippen MR) is 76.1 cm³/mol. The highest BCUT2D eigenvalue weighted by Crippen LogP contribution is 2.20. The molecular weight excluding hydrogens is 240 g/mol. The average molecular weight is 258 g/mol. The van der Waals surface area contributed by atoms with Gasteiger partial charge in [-0.3, -0.25) is 9.48 Å². The molecule has 0 aliphatic rings. The zero-order valence-corrected chi connectivity index (χ0v) is 11.4. The summed E-state index contributed by atoms with van der Waals surface area (Å²) in [5.41, 5.74) is 9.36. The molecule has 0 saturated heterocycles. The molecule has 1 aromatic heterocycles. The normalized spacial score (nSPS) is 10.5. The van der Waals surface area contributed by atoms with Crippen molar-refractivity contribution in [2.24, 2.45) is 7.05 Å². The molecule has 1 aromatic carbocycles. The third-order valence-corrected chi connectivity index (χ3v) is 3.10. The minimum Gasteiger partial charge on any atom is -0.395 e. The summed E-state index contributed by atoms with van der Waals surface area (Å²) in [7, 11) is 1.72. The Hall–Kier alpha value is -2.30. The summed E-state index contributed by atoms with van der Waals surface area (Å²) >= 11 is 0. The number of nitrogen functional groups attached to an aromatic ring is 1. The molecule has 0 saturated carbocycles. The van der Waals surface area contributed by atoms with Gasteiger partial charge in [-0.1, -0.05) is 25.1 Å². The van der Waals surface area contributed by atoms with Crippen LogP contribution < -0.4 is 11.1 Å². The van der Waals surface area contributed by atoms with Crippen LogP contribution in [0.3, 0.4) is 0 Å². The lowest BCUT2D eigenvalue weighted by Gasteiger charge is -2.08. The van der Waals surface area contributed by atoms with E-state index >= 15 is 0 Å². The summed E-state index contributed by atoms with van der Waals surface area (Å²) in [4.78, 5) is 12.3. The summed E-state index contributed by atoms with van der Waals surface area (Å²) in [6, 6.07) is 7.62. The number of para-hydroxylation sites is 1. The van der Waals surface area contributed by atoms with Crippen molar-refractivity contribution in [3.63, 3.8) is 0 Å². The maximum absolute atomic E-state index is 12.3. The molecule has 2 rings (SSSR count). The molecule has 0 aliphatic heterocycles. The van der Waals surface area contributed by atoms with E-state index in [2.05, 4.69) is 10.4 Å². The molecule has 1 heterocycles. The third-order valence-electron chi connectivity index (χ3n) is 3.10. The van der Waals surface area contributed by atoms with Crippen LogP contribution in [0.15, 0.2) is 24.3 Å². The first-order chi connectivity index (χ1) is 9.04. The summed E-state index contributed by atoms with van der Waals surface area (Å²) in [5.74, 6) is -0.235. The summed E-state index contributed by atoms with van der Waals surface area (Å²) < 4.78 is 1.53. The smallest absolute Gasteiger partial charge is 0.276 e. The van der Waals surface area contributed by atoms with Gasteiger partial charge in [0.05, 0.1) is 11.4 Å². The maximum atomic E-state index is 12.3. The van der Waals surface area contributed by atoms with Gasteiger partial charge >= 0.3 is 0 Å². The fourth-order valence-electron chi connectivity index (χ4n) is 2.02. The molecule has 5 nitrogen and oxygen atoms in total. The predicted octanol–water partition coefficient (Wildman–Crippen LogP) is 2.13. The quantitative estimate of drug-likeness (QED) is 0.885. The number of carbonyl (C=O) groups excluding carboxylic acids is 1. The number of carbonyl (C=O) groups is 1. The van der Waals surface area contributed by atoms with Gasteiger partial charge in [0.2, 0.25) is 0 Å². The standard InChI is InChI=1S/C14H18N4O/c1-4-10-12(15)13(18(3)17-10)14(19)16-11-8-6-5-7-9(11)2/h5-8H,4,15H2,1-3H3,(H,16,19). The van der Waals surface area contributed by atoms with Crippen LogP contribution >= 0.6 is 0 Å². The Labute approximate surface area is 112 Å². The largest absolute Gasteiger partial charge is 0.395 e. The summed E-state index contributed by atoms with van der Waals surface area (Å²) in [6.07, 6.45) is 0.706. The molecule has 0 fully saturated rings. The number of aromatic nitrogens is 2. The molecule has 5 heteroatoms. The van der Waals surface area contributed by atoms with Gasteiger partial charge in [-0.05, 0) is 25.0 Å². The molecule has 0 radical (unpaired) electrons. The molecule has 2 aromatic rings. The zero-order valence-electron chi connectivity index (χ0n) is 11.4. The van der Waals surface area contributed by atoms with Crippen molar-refractivity contribution in [1.82, 2.24) is 9.78 Å². The van der Waals surface area contributed by atoms with E-state index in [-0.39, 0.29) is 5.91 Å². The van der Waals surface area contributed by atoms with Crippen LogP contribution in [0.5, 0.6) is 0 Å². The number of nitrogens with one attached hydrogen (secondary N) is 1. The van der Waals surface area contributed by atoms with Gasteiger partial charge in [-0.15, -0.1) is 0 Å². The second-order valence-corrected chi connectivity index (χ2v) is 4.46. The van der Waals surface area contributed by atoms with Crippen LogP contribution in [-0.4, -0.2) is 15.7 Å². The molecule has 100 valence electrons. The van der Waals surface area contributed by atoms with E-state index in [1.165, 1.54) is 4.68 Å². The van der Waals surface area contributed by atoms with Crippen LogP contribution in [0, 0.1) is 6.92 Å². The van der Waals surface area contributed by atoms with E-state index in [1.54, 1.807) is 7.05 Å². The lowest BCUT2D eigenvalue weighted by atomic mass is 10.2. The Balaban J connectivity index is 2.31. The number of nitrogens with two attached hydrogens (primary N) is 1. The number of aryl methyl sites for hydroxylation is 3. The van der Waals surface area contributed by atoms with E-state index in [0.717, 1.165) is 16.9 Å². The number of anilines is 2. The van der Waals surface area contributed by atoms with E-state index in [1.807, 2.05) is 38.1 Å². The van der Waals surface area contributed by atoms with Gasteiger partial charge < -0.3 is 11.1 Å². The molecule has 19 heavy (non-hydrogen) atoms. The zero-order chi connectivity index (χ0) is 14.0. The van der Waals surface area contributed by atoms with Crippen LogP contribution in [0.2, 0.25) is 0 Å². The van der Waals surface area contributed by atoms with Crippen LogP contribution in [-0.2, 0) is 13.5 Å². The highest BCUT2D eigenvalue weighted by molar-refractivity contribution is 6.07. The minimum atomic E-state index is -0.235. The Bertz CT molecular complexity index is 616. The Kier molecular flexibility index (Phi) is 3.55. The first-order valence-corrected chi connectivity index (χ1v) is 6.23. The van der Waals surface area contributed by atoms with Crippen molar-refractivity contribution in [3.8, 4) is 0 Å². The van der Waals surface area contributed by atoms with Crippen LogP contribution in [0.25, 0.3) is 0 Å². The number of hydrogen-bond acceptors (Lipinski definition) is 3. The van der Waals surface area contributed by atoms with Crippen molar-refractivity contribution in [2.45, 2.75) is 20.3 Å². The first-order valence-electron chi connectivity index (χ1n) is 6.23. The van der Waals surface area contributed by atoms with E-state index in [9.17, 15) is 4.79 Å².